The maximum absolute atomic E-state index is 14.2. The first-order valence-corrected chi connectivity index (χ1v) is 11.2. The molecule has 2 heterocycles. The van der Waals surface area contributed by atoms with Gasteiger partial charge in [-0.1, -0.05) is 24.6 Å². The van der Waals surface area contributed by atoms with Crippen LogP contribution in [-0.2, 0) is 0 Å². The number of piperidine rings is 1. The van der Waals surface area contributed by atoms with Gasteiger partial charge >= 0.3 is 0 Å². The van der Waals surface area contributed by atoms with E-state index in [4.69, 9.17) is 4.74 Å². The number of carbonyl (C=O) groups excluding carboxylic acids is 1. The van der Waals surface area contributed by atoms with Crippen molar-refractivity contribution in [2.75, 3.05) is 6.61 Å². The number of carbonyl (C=O) groups is 1. The maximum Gasteiger partial charge on any atom is 0.255 e. The summed E-state index contributed by atoms with van der Waals surface area (Å²) in [5.41, 5.74) is 1.72. The van der Waals surface area contributed by atoms with E-state index >= 15 is 0 Å². The van der Waals surface area contributed by atoms with Crippen LogP contribution >= 0.6 is 0 Å². The van der Waals surface area contributed by atoms with Crippen LogP contribution in [0.15, 0.2) is 54.9 Å². The number of hydrogen-bond donors (Lipinski definition) is 0. The van der Waals surface area contributed by atoms with Crippen LogP contribution in [0.1, 0.15) is 42.1 Å². The zero-order valence-electron chi connectivity index (χ0n) is 18.6. The number of likely N-dealkylation sites (tertiary alicyclic amines) is 1. The molecule has 33 heavy (non-hydrogen) atoms. The molecule has 2 aromatic carbocycles. The highest BCUT2D eigenvalue weighted by molar-refractivity contribution is 6.01. The van der Waals surface area contributed by atoms with E-state index in [1.54, 1.807) is 18.5 Å². The van der Waals surface area contributed by atoms with E-state index in [1.165, 1.54) is 12.1 Å². The van der Waals surface area contributed by atoms with Gasteiger partial charge < -0.3 is 9.64 Å². The molecular weight excluding hydrogens is 424 g/mol. The van der Waals surface area contributed by atoms with Gasteiger partial charge in [-0.25, -0.2) is 18.7 Å². The van der Waals surface area contributed by atoms with Crippen LogP contribution in [0.4, 0.5) is 8.78 Å². The zero-order chi connectivity index (χ0) is 23.2. The van der Waals surface area contributed by atoms with Crippen molar-refractivity contribution in [3.8, 4) is 17.1 Å². The number of aryl methyl sites for hydroxylation is 1. The number of ether oxygens (including phenoxy) is 1. The van der Waals surface area contributed by atoms with E-state index < -0.39 is 17.2 Å². The molecule has 2 aliphatic rings. The predicted molar refractivity (Wildman–Crippen MR) is 120 cm³/mol. The van der Waals surface area contributed by atoms with E-state index in [-0.39, 0.29) is 24.3 Å². The van der Waals surface area contributed by atoms with Gasteiger partial charge in [0.25, 0.3) is 5.91 Å². The highest BCUT2D eigenvalue weighted by Crippen LogP contribution is 2.58. The smallest absolute Gasteiger partial charge is 0.255 e. The van der Waals surface area contributed by atoms with Gasteiger partial charge in [-0.3, -0.25) is 4.79 Å². The average Bonchev–Trinajstić information content (AvgIpc) is 2.80. The minimum Gasteiger partial charge on any atom is -0.488 e. The average molecular weight is 450 g/mol. The van der Waals surface area contributed by atoms with Crippen LogP contribution in [0, 0.1) is 24.5 Å². The molecule has 2 fully saturated rings. The van der Waals surface area contributed by atoms with E-state index in [0.717, 1.165) is 30.9 Å². The van der Waals surface area contributed by atoms with Gasteiger partial charge in [0.2, 0.25) is 0 Å². The van der Waals surface area contributed by atoms with E-state index in [1.807, 2.05) is 30.0 Å². The molecule has 0 N–H and O–H groups in total. The Hall–Kier alpha value is -3.35. The van der Waals surface area contributed by atoms with Crippen molar-refractivity contribution in [1.29, 1.82) is 0 Å². The van der Waals surface area contributed by atoms with Crippen molar-refractivity contribution in [3.63, 3.8) is 0 Å². The number of halogens is 2. The predicted octanol–water partition coefficient (Wildman–Crippen LogP) is 5.19. The van der Waals surface area contributed by atoms with Gasteiger partial charge in [-0.05, 0) is 50.5 Å². The lowest BCUT2D eigenvalue weighted by molar-refractivity contribution is -0.190. The molecule has 1 amide bonds. The van der Waals surface area contributed by atoms with Gasteiger partial charge in [0.1, 0.15) is 12.4 Å². The summed E-state index contributed by atoms with van der Waals surface area (Å²) < 4.78 is 33.2. The zero-order valence-corrected chi connectivity index (χ0v) is 18.6. The monoisotopic (exact) mass is 449 g/mol. The Morgan fingerprint density at radius 3 is 2.64 bits per heavy atom. The van der Waals surface area contributed by atoms with Gasteiger partial charge in [-0.2, -0.15) is 0 Å². The number of benzene rings is 2. The lowest BCUT2D eigenvalue weighted by Crippen LogP contribution is -2.81. The second-order valence-electron chi connectivity index (χ2n) is 8.88. The summed E-state index contributed by atoms with van der Waals surface area (Å²) in [6.45, 7) is 4.19. The quantitative estimate of drug-likeness (QED) is 0.520. The van der Waals surface area contributed by atoms with Crippen molar-refractivity contribution in [2.24, 2.45) is 5.92 Å². The number of amides is 1. The molecule has 3 aromatic rings. The Labute approximate surface area is 191 Å². The molecular formula is C26H25F2N3O2. The Bertz CT molecular complexity index is 1200. The van der Waals surface area contributed by atoms with E-state index in [0.29, 0.717) is 22.9 Å². The van der Waals surface area contributed by atoms with Crippen molar-refractivity contribution in [3.05, 3.63) is 77.6 Å². The third-order valence-electron chi connectivity index (χ3n) is 7.08. The number of hydrogen-bond acceptors (Lipinski definition) is 4. The van der Waals surface area contributed by atoms with Crippen molar-refractivity contribution in [1.82, 2.24) is 14.9 Å². The van der Waals surface area contributed by atoms with Crippen LogP contribution in [0.5, 0.6) is 5.75 Å². The van der Waals surface area contributed by atoms with Crippen LogP contribution in [0.3, 0.4) is 0 Å². The minimum atomic E-state index is -0.742. The molecule has 1 aliphatic heterocycles. The molecule has 170 valence electrons. The molecule has 1 saturated carbocycles. The standard InChI is InChI=1S/C26H25F2N3O2/c1-3-22-20-9-10-26(20,15-33-23-8-6-17(27)14-21(23)28)31(22)25(32)19-13-16(2)5-7-18(19)24-29-11-4-12-30-24/h4-8,11-14,20,22H,3,9-10,15H2,1-2H3/t20-,22?,26?/m0/s1. The fourth-order valence-corrected chi connectivity index (χ4v) is 5.38. The van der Waals surface area contributed by atoms with Gasteiger partial charge in [0, 0.05) is 36.0 Å². The molecule has 2 unspecified atom stereocenters. The van der Waals surface area contributed by atoms with Crippen LogP contribution < -0.4 is 4.74 Å². The Morgan fingerprint density at radius 1 is 1.18 bits per heavy atom. The summed E-state index contributed by atoms with van der Waals surface area (Å²) in [4.78, 5) is 24.6. The molecule has 5 nitrogen and oxygen atoms in total. The van der Waals surface area contributed by atoms with Gasteiger partial charge in [0.05, 0.1) is 11.1 Å². The van der Waals surface area contributed by atoms with Gasteiger partial charge in [0.15, 0.2) is 17.4 Å². The Kier molecular flexibility index (Phi) is 5.35. The second kappa shape index (κ2) is 8.21. The highest BCUT2D eigenvalue weighted by Gasteiger charge is 2.67. The molecule has 5 rings (SSSR count). The maximum atomic E-state index is 14.2. The minimum absolute atomic E-state index is 0.00213. The summed E-state index contributed by atoms with van der Waals surface area (Å²) in [5, 5.41) is 0. The highest BCUT2D eigenvalue weighted by atomic mass is 19.1. The lowest BCUT2D eigenvalue weighted by Gasteiger charge is -2.70. The SMILES string of the molecule is CCC1[C@@H]2CCC2(COc2ccc(F)cc2F)N1C(=O)c1cc(C)ccc1-c1ncccn1. The molecule has 0 spiro atoms. The fraction of sp³-hybridized carbons (Fsp3) is 0.346. The topological polar surface area (TPSA) is 55.3 Å². The van der Waals surface area contributed by atoms with Crippen molar-refractivity contribution < 1.29 is 18.3 Å². The van der Waals surface area contributed by atoms with Crippen molar-refractivity contribution >= 4 is 5.91 Å². The summed E-state index contributed by atoms with van der Waals surface area (Å²) in [6.07, 6.45) is 5.92. The van der Waals surface area contributed by atoms with Crippen molar-refractivity contribution in [2.45, 2.75) is 44.7 Å². The summed E-state index contributed by atoms with van der Waals surface area (Å²) in [6, 6.07) is 10.8. The first-order chi connectivity index (χ1) is 15.9. The first-order valence-electron chi connectivity index (χ1n) is 11.2. The number of fused-ring (bicyclic) bond motifs is 1. The number of nitrogens with zero attached hydrogens (tertiary/aromatic N) is 3. The molecule has 1 aliphatic carbocycles. The number of aromatic nitrogens is 2. The van der Waals surface area contributed by atoms with Crippen LogP contribution in [0.25, 0.3) is 11.4 Å². The second-order valence-corrected chi connectivity index (χ2v) is 8.88. The van der Waals surface area contributed by atoms with E-state index in [2.05, 4.69) is 16.9 Å². The first kappa shape index (κ1) is 21.5. The molecule has 7 heteroatoms. The fourth-order valence-electron chi connectivity index (χ4n) is 5.38. The summed E-state index contributed by atoms with van der Waals surface area (Å²) >= 11 is 0. The lowest BCUT2D eigenvalue weighted by atomic mass is 9.54. The molecule has 1 aromatic heterocycles. The number of rotatable bonds is 6. The summed E-state index contributed by atoms with van der Waals surface area (Å²) in [7, 11) is 0. The van der Waals surface area contributed by atoms with Gasteiger partial charge in [-0.15, -0.1) is 0 Å². The molecule has 3 atom stereocenters. The van der Waals surface area contributed by atoms with Crippen LogP contribution in [-0.4, -0.2) is 39.0 Å². The normalized spacial score (nSPS) is 23.3. The molecule has 1 saturated heterocycles. The third kappa shape index (κ3) is 3.46. The summed E-state index contributed by atoms with van der Waals surface area (Å²) in [5.74, 6) is -0.686. The molecule has 0 radical (unpaired) electrons. The van der Waals surface area contributed by atoms with E-state index in [9.17, 15) is 13.6 Å². The molecule has 0 bridgehead atoms. The largest absolute Gasteiger partial charge is 0.488 e. The Balaban J connectivity index is 1.47. The van der Waals surface area contributed by atoms with Crippen LogP contribution in [0.2, 0.25) is 0 Å². The Morgan fingerprint density at radius 2 is 1.97 bits per heavy atom. The third-order valence-corrected chi connectivity index (χ3v) is 7.08.